The predicted molar refractivity (Wildman–Crippen MR) is 79.7 cm³/mol. The van der Waals surface area contributed by atoms with Crippen LogP contribution in [0.3, 0.4) is 0 Å². The van der Waals surface area contributed by atoms with Crippen LogP contribution in [0.15, 0.2) is 48.8 Å². The van der Waals surface area contributed by atoms with Gasteiger partial charge in [-0.25, -0.2) is 9.10 Å². The van der Waals surface area contributed by atoms with Crippen LogP contribution >= 0.6 is 12.8 Å². The second kappa shape index (κ2) is 6.07. The van der Waals surface area contributed by atoms with Crippen molar-refractivity contribution in [3.63, 3.8) is 0 Å². The summed E-state index contributed by atoms with van der Waals surface area (Å²) in [7, 11) is 0. The van der Waals surface area contributed by atoms with Gasteiger partial charge in [-0.1, -0.05) is 12.8 Å². The van der Waals surface area contributed by atoms with E-state index in [-0.39, 0.29) is 0 Å². The van der Waals surface area contributed by atoms with Crippen molar-refractivity contribution in [3.8, 4) is 0 Å². The molecule has 1 aromatic heterocycles. The number of urea groups is 1. The van der Waals surface area contributed by atoms with Gasteiger partial charge in [-0.15, -0.1) is 0 Å². The minimum Gasteiger partial charge on any atom is -0.366 e. The molecule has 2 rings (SSSR count). The highest BCUT2D eigenvalue weighted by Crippen LogP contribution is 2.18. The van der Waals surface area contributed by atoms with Crippen molar-refractivity contribution in [2.75, 3.05) is 9.62 Å². The first kappa shape index (κ1) is 13.9. The summed E-state index contributed by atoms with van der Waals surface area (Å²) < 4.78 is 1.13. The highest BCUT2D eigenvalue weighted by atomic mass is 32.1. The molecule has 7 heteroatoms. The Labute approximate surface area is 121 Å². The van der Waals surface area contributed by atoms with E-state index < -0.39 is 11.9 Å². The van der Waals surface area contributed by atoms with Crippen molar-refractivity contribution in [1.82, 2.24) is 4.98 Å². The van der Waals surface area contributed by atoms with Crippen LogP contribution in [0.25, 0.3) is 0 Å². The van der Waals surface area contributed by atoms with Crippen molar-refractivity contribution in [2.45, 2.75) is 0 Å². The lowest BCUT2D eigenvalue weighted by Gasteiger charge is -2.16. The van der Waals surface area contributed by atoms with E-state index >= 15 is 0 Å². The molecule has 2 aromatic rings. The molecule has 0 fully saturated rings. The number of carbonyl (C=O) groups is 2. The van der Waals surface area contributed by atoms with Gasteiger partial charge in [0.15, 0.2) is 0 Å². The first-order chi connectivity index (χ1) is 9.58. The Morgan fingerprint density at radius 1 is 1.10 bits per heavy atom. The van der Waals surface area contributed by atoms with E-state index in [2.05, 4.69) is 23.1 Å². The van der Waals surface area contributed by atoms with Gasteiger partial charge in [-0.05, 0) is 36.4 Å². The van der Waals surface area contributed by atoms with Gasteiger partial charge in [0, 0.05) is 23.6 Å². The Morgan fingerprint density at radius 3 is 2.25 bits per heavy atom. The summed E-state index contributed by atoms with van der Waals surface area (Å²) >= 11 is 4.12. The third kappa shape index (κ3) is 3.27. The number of carbonyl (C=O) groups excluding carboxylic acids is 2. The second-order valence-electron chi connectivity index (χ2n) is 3.89. The van der Waals surface area contributed by atoms with E-state index in [0.717, 1.165) is 4.31 Å². The largest absolute Gasteiger partial charge is 0.366 e. The molecule has 1 heterocycles. The summed E-state index contributed by atoms with van der Waals surface area (Å²) in [4.78, 5) is 26.8. The number of amides is 3. The molecule has 6 nitrogen and oxygen atoms in total. The molecule has 0 spiro atoms. The molecule has 20 heavy (non-hydrogen) atoms. The van der Waals surface area contributed by atoms with Gasteiger partial charge < -0.3 is 11.1 Å². The summed E-state index contributed by atoms with van der Waals surface area (Å²) in [6, 6.07) is 9.12. The van der Waals surface area contributed by atoms with Crippen LogP contribution in [0.5, 0.6) is 0 Å². The quantitative estimate of drug-likeness (QED) is 0.755. The maximum atomic E-state index is 12.0. The van der Waals surface area contributed by atoms with Gasteiger partial charge in [0.1, 0.15) is 0 Å². The first-order valence-corrected chi connectivity index (χ1v) is 6.08. The molecule has 0 aliphatic carbocycles. The SMILES string of the molecule is NC(=O)c1ccc(N(S)C(=O)Nc2ccncc2)cc1. The minimum atomic E-state index is -0.525. The Balaban J connectivity index is 2.08. The maximum Gasteiger partial charge on any atom is 0.336 e. The van der Waals surface area contributed by atoms with E-state index in [4.69, 9.17) is 5.73 Å². The summed E-state index contributed by atoms with van der Waals surface area (Å²) in [5.41, 5.74) is 6.64. The predicted octanol–water partition coefficient (Wildman–Crippen LogP) is 2.06. The average Bonchev–Trinajstić information content (AvgIpc) is 2.47. The van der Waals surface area contributed by atoms with Crippen LogP contribution in [0.4, 0.5) is 16.2 Å². The molecule has 0 atom stereocenters. The van der Waals surface area contributed by atoms with Crippen LogP contribution in [-0.2, 0) is 0 Å². The number of aromatic nitrogens is 1. The third-order valence-electron chi connectivity index (χ3n) is 2.52. The van der Waals surface area contributed by atoms with Crippen molar-refractivity contribution >= 4 is 36.1 Å². The fraction of sp³-hybridized carbons (Fsp3) is 0. The molecule has 0 unspecified atom stereocenters. The minimum absolute atomic E-state index is 0.366. The Morgan fingerprint density at radius 2 is 1.70 bits per heavy atom. The van der Waals surface area contributed by atoms with E-state index in [9.17, 15) is 9.59 Å². The fourth-order valence-corrected chi connectivity index (χ4v) is 1.68. The van der Waals surface area contributed by atoms with E-state index in [1.807, 2.05) is 0 Å². The van der Waals surface area contributed by atoms with Crippen LogP contribution in [-0.4, -0.2) is 16.9 Å². The summed E-state index contributed by atoms with van der Waals surface area (Å²) in [5.74, 6) is -0.525. The monoisotopic (exact) mass is 288 g/mol. The molecule has 3 amide bonds. The number of rotatable bonds is 3. The molecule has 102 valence electrons. The zero-order valence-electron chi connectivity index (χ0n) is 10.4. The number of primary amides is 1. The topological polar surface area (TPSA) is 88.3 Å². The third-order valence-corrected chi connectivity index (χ3v) is 2.93. The lowest BCUT2D eigenvalue weighted by atomic mass is 10.2. The lowest BCUT2D eigenvalue weighted by molar-refractivity contribution is 0.100. The molecule has 0 saturated heterocycles. The highest BCUT2D eigenvalue weighted by molar-refractivity contribution is 7.82. The summed E-state index contributed by atoms with van der Waals surface area (Å²) in [6.07, 6.45) is 3.14. The van der Waals surface area contributed by atoms with Gasteiger partial charge in [0.25, 0.3) is 0 Å². The van der Waals surface area contributed by atoms with E-state index in [0.29, 0.717) is 16.9 Å². The second-order valence-corrected chi connectivity index (χ2v) is 4.29. The number of anilines is 2. The van der Waals surface area contributed by atoms with Crippen LogP contribution in [0.2, 0.25) is 0 Å². The van der Waals surface area contributed by atoms with E-state index in [1.54, 1.807) is 36.7 Å². The highest BCUT2D eigenvalue weighted by Gasteiger charge is 2.12. The van der Waals surface area contributed by atoms with Crippen molar-refractivity contribution in [3.05, 3.63) is 54.4 Å². The van der Waals surface area contributed by atoms with Gasteiger partial charge in [0.05, 0.1) is 5.69 Å². The number of nitrogens with two attached hydrogens (primary N) is 1. The fourth-order valence-electron chi connectivity index (χ4n) is 1.50. The average molecular weight is 288 g/mol. The molecule has 0 saturated carbocycles. The maximum absolute atomic E-state index is 12.0. The van der Waals surface area contributed by atoms with Crippen molar-refractivity contribution in [2.24, 2.45) is 5.73 Å². The number of pyridine rings is 1. The smallest absolute Gasteiger partial charge is 0.336 e. The lowest BCUT2D eigenvalue weighted by Crippen LogP contribution is -2.26. The van der Waals surface area contributed by atoms with Gasteiger partial charge >= 0.3 is 6.03 Å². The number of thiol groups is 1. The molecule has 0 radical (unpaired) electrons. The molecular formula is C13H12N4O2S. The summed E-state index contributed by atoms with van der Waals surface area (Å²) in [5, 5.41) is 2.66. The summed E-state index contributed by atoms with van der Waals surface area (Å²) in [6.45, 7) is 0. The van der Waals surface area contributed by atoms with Gasteiger partial charge in [-0.3, -0.25) is 9.78 Å². The molecular weight excluding hydrogens is 276 g/mol. The van der Waals surface area contributed by atoms with Crippen LogP contribution in [0.1, 0.15) is 10.4 Å². The van der Waals surface area contributed by atoms with Gasteiger partial charge in [0.2, 0.25) is 5.91 Å². The van der Waals surface area contributed by atoms with Crippen LogP contribution < -0.4 is 15.4 Å². The zero-order valence-corrected chi connectivity index (χ0v) is 11.2. The van der Waals surface area contributed by atoms with Gasteiger partial charge in [-0.2, -0.15) is 0 Å². The zero-order chi connectivity index (χ0) is 14.5. The first-order valence-electron chi connectivity index (χ1n) is 5.68. The van der Waals surface area contributed by atoms with E-state index in [1.165, 1.54) is 12.1 Å². The Bertz CT molecular complexity index is 616. The van der Waals surface area contributed by atoms with Crippen molar-refractivity contribution in [1.29, 1.82) is 0 Å². The molecule has 0 aliphatic rings. The Kier molecular flexibility index (Phi) is 4.21. The van der Waals surface area contributed by atoms with Crippen molar-refractivity contribution < 1.29 is 9.59 Å². The number of benzene rings is 1. The normalized spacial score (nSPS) is 9.85. The molecule has 0 bridgehead atoms. The number of hydrogen-bond acceptors (Lipinski definition) is 4. The van der Waals surface area contributed by atoms with Crippen LogP contribution in [0, 0.1) is 0 Å². The number of nitrogens with one attached hydrogen (secondary N) is 1. The molecule has 3 N–H and O–H groups in total. The molecule has 1 aromatic carbocycles. The Hall–Kier alpha value is -2.54. The number of nitrogens with zero attached hydrogens (tertiary/aromatic N) is 2. The standard InChI is InChI=1S/C13H12N4O2S/c14-12(18)9-1-3-11(4-2-9)17(20)13(19)16-10-5-7-15-8-6-10/h1-8,20H,(H2,14,18)(H,15,16,19). The number of hydrogen-bond donors (Lipinski definition) is 3. The molecule has 0 aliphatic heterocycles.